The number of carbonyl (C=O) groups excluding carboxylic acids is 2. The molecule has 0 spiro atoms. The van der Waals surface area contributed by atoms with E-state index in [4.69, 9.17) is 16.3 Å². The van der Waals surface area contributed by atoms with E-state index in [1.807, 2.05) is 6.92 Å². The highest BCUT2D eigenvalue weighted by Gasteiger charge is 2.17. The molecule has 0 bridgehead atoms. The van der Waals surface area contributed by atoms with Gasteiger partial charge in [-0.05, 0) is 37.6 Å². The lowest BCUT2D eigenvalue weighted by molar-refractivity contribution is -0.118. The lowest BCUT2D eigenvalue weighted by atomic mass is 10.2. The van der Waals surface area contributed by atoms with Crippen molar-refractivity contribution >= 4 is 39.9 Å². The number of ether oxygens (including phenoxy) is 2. The highest BCUT2D eigenvalue weighted by Crippen LogP contribution is 2.24. The van der Waals surface area contributed by atoms with E-state index in [9.17, 15) is 9.59 Å². The van der Waals surface area contributed by atoms with Crippen molar-refractivity contribution in [3.63, 3.8) is 0 Å². The molecule has 8 heteroatoms. The smallest absolute Gasteiger partial charge is 0.350 e. The Labute approximate surface area is 142 Å². The summed E-state index contributed by atoms with van der Waals surface area (Å²) in [5.74, 6) is -0.270. The van der Waals surface area contributed by atoms with Gasteiger partial charge < -0.3 is 9.47 Å². The van der Waals surface area contributed by atoms with Crippen LogP contribution in [-0.2, 0) is 9.53 Å². The highest BCUT2D eigenvalue weighted by molar-refractivity contribution is 7.17. The molecule has 1 aromatic carbocycles. The van der Waals surface area contributed by atoms with Crippen LogP contribution in [0.15, 0.2) is 18.2 Å². The topological polar surface area (TPSA) is 77.5 Å². The molecule has 2 rings (SSSR count). The Hall–Kier alpha value is -2.12. The Balaban J connectivity index is 1.96. The maximum Gasteiger partial charge on any atom is 0.350 e. The molecule has 122 valence electrons. The molecule has 0 fully saturated rings. The molecular formula is C15H15ClN2O4S. The fourth-order valence-electron chi connectivity index (χ4n) is 1.81. The SMILES string of the molecule is COC(=O)c1sc(NC(=O)COc2ccc(Cl)cc2C)nc1C. The molecule has 0 unspecified atom stereocenters. The predicted molar refractivity (Wildman–Crippen MR) is 88.5 cm³/mol. The number of aryl methyl sites for hydroxylation is 2. The summed E-state index contributed by atoms with van der Waals surface area (Å²) in [5, 5.41) is 3.52. The van der Waals surface area contributed by atoms with E-state index in [0.29, 0.717) is 26.5 Å². The monoisotopic (exact) mass is 354 g/mol. The normalized spacial score (nSPS) is 10.3. The number of nitrogens with one attached hydrogen (secondary N) is 1. The zero-order valence-corrected chi connectivity index (χ0v) is 14.4. The molecule has 1 N–H and O–H groups in total. The number of methoxy groups -OCH3 is 1. The van der Waals surface area contributed by atoms with Gasteiger partial charge in [0.05, 0.1) is 12.8 Å². The van der Waals surface area contributed by atoms with Crippen molar-refractivity contribution in [2.45, 2.75) is 13.8 Å². The second-order valence-corrected chi connectivity index (χ2v) is 6.11. The van der Waals surface area contributed by atoms with Gasteiger partial charge in [0.2, 0.25) is 0 Å². The molecule has 0 aliphatic rings. The summed E-state index contributed by atoms with van der Waals surface area (Å²) in [6, 6.07) is 5.14. The maximum atomic E-state index is 11.9. The van der Waals surface area contributed by atoms with Crippen molar-refractivity contribution in [2.24, 2.45) is 0 Å². The van der Waals surface area contributed by atoms with Crippen LogP contribution in [0, 0.1) is 13.8 Å². The van der Waals surface area contributed by atoms with Gasteiger partial charge in [-0.3, -0.25) is 10.1 Å². The third kappa shape index (κ3) is 4.43. The van der Waals surface area contributed by atoms with Crippen molar-refractivity contribution < 1.29 is 19.1 Å². The average Bonchev–Trinajstić information content (AvgIpc) is 2.86. The highest BCUT2D eigenvalue weighted by atomic mass is 35.5. The van der Waals surface area contributed by atoms with E-state index in [1.165, 1.54) is 7.11 Å². The number of amides is 1. The van der Waals surface area contributed by atoms with Gasteiger partial charge in [0.15, 0.2) is 11.7 Å². The van der Waals surface area contributed by atoms with Crippen molar-refractivity contribution in [1.29, 1.82) is 0 Å². The number of rotatable bonds is 5. The summed E-state index contributed by atoms with van der Waals surface area (Å²) in [7, 11) is 1.29. The summed E-state index contributed by atoms with van der Waals surface area (Å²) in [6.07, 6.45) is 0. The van der Waals surface area contributed by atoms with Crippen LogP contribution in [0.25, 0.3) is 0 Å². The van der Waals surface area contributed by atoms with Crippen LogP contribution in [0.2, 0.25) is 5.02 Å². The number of nitrogens with zero attached hydrogens (tertiary/aromatic N) is 1. The molecule has 23 heavy (non-hydrogen) atoms. The summed E-state index contributed by atoms with van der Waals surface area (Å²) in [5.41, 5.74) is 1.34. The summed E-state index contributed by atoms with van der Waals surface area (Å²) in [6.45, 7) is 3.34. The number of benzene rings is 1. The molecule has 0 aliphatic carbocycles. The Kier molecular flexibility index (Phi) is 5.57. The number of hydrogen-bond donors (Lipinski definition) is 1. The zero-order chi connectivity index (χ0) is 17.0. The minimum atomic E-state index is -0.478. The molecule has 1 heterocycles. The van der Waals surface area contributed by atoms with Gasteiger partial charge in [-0.25, -0.2) is 9.78 Å². The Morgan fingerprint density at radius 2 is 2.09 bits per heavy atom. The maximum absolute atomic E-state index is 11.9. The summed E-state index contributed by atoms with van der Waals surface area (Å²) in [4.78, 5) is 27.9. The number of thiazole rings is 1. The van der Waals surface area contributed by atoms with Crippen LogP contribution in [0.5, 0.6) is 5.75 Å². The van der Waals surface area contributed by atoms with Crippen molar-refractivity contribution in [2.75, 3.05) is 19.0 Å². The Morgan fingerprint density at radius 3 is 2.74 bits per heavy atom. The molecule has 0 aliphatic heterocycles. The Bertz CT molecular complexity index is 745. The first-order valence-corrected chi connectivity index (χ1v) is 7.84. The van der Waals surface area contributed by atoms with Crippen LogP contribution in [0.3, 0.4) is 0 Å². The quantitative estimate of drug-likeness (QED) is 0.834. The number of carbonyl (C=O) groups is 2. The van der Waals surface area contributed by atoms with Gasteiger partial charge in [0.25, 0.3) is 5.91 Å². The van der Waals surface area contributed by atoms with Crippen LogP contribution in [0.1, 0.15) is 20.9 Å². The third-order valence-electron chi connectivity index (χ3n) is 2.91. The van der Waals surface area contributed by atoms with E-state index in [-0.39, 0.29) is 12.5 Å². The van der Waals surface area contributed by atoms with Gasteiger partial charge in [0, 0.05) is 5.02 Å². The van der Waals surface area contributed by atoms with Gasteiger partial charge in [-0.1, -0.05) is 22.9 Å². The van der Waals surface area contributed by atoms with Gasteiger partial charge in [-0.15, -0.1) is 0 Å². The van der Waals surface area contributed by atoms with Crippen LogP contribution >= 0.6 is 22.9 Å². The van der Waals surface area contributed by atoms with E-state index in [0.717, 1.165) is 16.9 Å². The number of esters is 1. The van der Waals surface area contributed by atoms with E-state index in [1.54, 1.807) is 25.1 Å². The first-order valence-electron chi connectivity index (χ1n) is 6.65. The largest absolute Gasteiger partial charge is 0.483 e. The molecule has 0 atom stereocenters. The van der Waals surface area contributed by atoms with E-state index >= 15 is 0 Å². The number of halogens is 1. The van der Waals surface area contributed by atoms with Crippen molar-refractivity contribution in [1.82, 2.24) is 4.98 Å². The third-order valence-corrected chi connectivity index (χ3v) is 4.20. The lowest BCUT2D eigenvalue weighted by Gasteiger charge is -2.08. The molecule has 1 amide bonds. The van der Waals surface area contributed by atoms with Gasteiger partial charge >= 0.3 is 5.97 Å². The number of anilines is 1. The minimum absolute atomic E-state index is 0.172. The number of hydrogen-bond acceptors (Lipinski definition) is 6. The van der Waals surface area contributed by atoms with Crippen molar-refractivity contribution in [3.05, 3.63) is 39.4 Å². The molecule has 2 aromatic rings. The van der Waals surface area contributed by atoms with E-state index < -0.39 is 5.97 Å². The standard InChI is InChI=1S/C15H15ClN2O4S/c1-8-6-10(16)4-5-11(8)22-7-12(19)18-15-17-9(2)13(23-15)14(20)21-3/h4-6H,7H2,1-3H3,(H,17,18,19). The zero-order valence-electron chi connectivity index (χ0n) is 12.8. The van der Waals surface area contributed by atoms with Crippen molar-refractivity contribution in [3.8, 4) is 5.75 Å². The molecule has 6 nitrogen and oxygen atoms in total. The molecule has 0 radical (unpaired) electrons. The predicted octanol–water partition coefficient (Wildman–Crippen LogP) is 3.22. The minimum Gasteiger partial charge on any atom is -0.483 e. The second-order valence-electron chi connectivity index (χ2n) is 4.67. The summed E-state index contributed by atoms with van der Waals surface area (Å²) < 4.78 is 10.1. The fraction of sp³-hybridized carbons (Fsp3) is 0.267. The van der Waals surface area contributed by atoms with Crippen LogP contribution in [0.4, 0.5) is 5.13 Å². The summed E-state index contributed by atoms with van der Waals surface area (Å²) >= 11 is 6.92. The lowest BCUT2D eigenvalue weighted by Crippen LogP contribution is -2.20. The fourth-order valence-corrected chi connectivity index (χ4v) is 2.93. The van der Waals surface area contributed by atoms with E-state index in [2.05, 4.69) is 15.0 Å². The first kappa shape index (κ1) is 17.2. The average molecular weight is 355 g/mol. The molecule has 1 aromatic heterocycles. The van der Waals surface area contributed by atoms with Crippen LogP contribution < -0.4 is 10.1 Å². The van der Waals surface area contributed by atoms with Gasteiger partial charge in [-0.2, -0.15) is 0 Å². The van der Waals surface area contributed by atoms with Gasteiger partial charge in [0.1, 0.15) is 10.6 Å². The first-order chi connectivity index (χ1) is 10.9. The molecule has 0 saturated carbocycles. The van der Waals surface area contributed by atoms with Crippen LogP contribution in [-0.4, -0.2) is 30.6 Å². The Morgan fingerprint density at radius 1 is 1.35 bits per heavy atom. The molecule has 0 saturated heterocycles. The molecular weight excluding hydrogens is 340 g/mol. The second kappa shape index (κ2) is 7.43. The number of aromatic nitrogens is 1.